The number of thiol groups is 1. The molecule has 0 fully saturated rings. The lowest BCUT2D eigenvalue weighted by molar-refractivity contribution is 0.616. The molecule has 0 atom stereocenters. The van der Waals surface area contributed by atoms with Gasteiger partial charge in [-0.1, -0.05) is 0 Å². The van der Waals surface area contributed by atoms with E-state index in [0.717, 1.165) is 0 Å². The van der Waals surface area contributed by atoms with Crippen LogP contribution >= 0.6 is 35.2 Å². The largest absolute Gasteiger partial charge is 0.206 e. The maximum absolute atomic E-state index is 12.7. The van der Waals surface area contributed by atoms with Crippen LogP contribution in [0.4, 0.5) is 4.39 Å². The van der Waals surface area contributed by atoms with Gasteiger partial charge < -0.3 is 0 Å². The van der Waals surface area contributed by atoms with Gasteiger partial charge in [0.15, 0.2) is 0 Å². The van der Waals surface area contributed by atoms with Crippen molar-refractivity contribution >= 4 is 35.2 Å². The molecule has 4 heteroatoms. The zero-order chi connectivity index (χ0) is 8.43. The van der Waals surface area contributed by atoms with Crippen LogP contribution in [0, 0.1) is 20.7 Å². The summed E-state index contributed by atoms with van der Waals surface area (Å²) in [5.41, 5.74) is 0.402. The fraction of sp³-hybridized carbons (Fsp3) is 0. The molecule has 1 aromatic carbocycles. The fourth-order valence-electron chi connectivity index (χ4n) is 0.626. The first-order valence-corrected chi connectivity index (χ1v) is 4.26. The van der Waals surface area contributed by atoms with Gasteiger partial charge in [0, 0.05) is 4.90 Å². The smallest absolute Gasteiger partial charge is 0.137 e. The van der Waals surface area contributed by atoms with Gasteiger partial charge in [0.2, 0.25) is 0 Å². The van der Waals surface area contributed by atoms with Crippen molar-refractivity contribution in [1.29, 1.82) is 5.26 Å². The summed E-state index contributed by atoms with van der Waals surface area (Å²) in [5, 5.41) is 8.51. The third kappa shape index (κ3) is 1.84. The number of benzene rings is 1. The van der Waals surface area contributed by atoms with Crippen LogP contribution in [0.15, 0.2) is 17.0 Å². The van der Waals surface area contributed by atoms with Crippen LogP contribution in [-0.2, 0) is 0 Å². The third-order valence-electron chi connectivity index (χ3n) is 1.16. The lowest BCUT2D eigenvalue weighted by Crippen LogP contribution is -1.85. The van der Waals surface area contributed by atoms with Crippen LogP contribution < -0.4 is 0 Å². The monoisotopic (exact) mass is 279 g/mol. The predicted molar refractivity (Wildman–Crippen MR) is 51.1 cm³/mol. The predicted octanol–water partition coefficient (Wildman–Crippen LogP) is 2.59. The minimum atomic E-state index is -0.338. The Balaban J connectivity index is 3.35. The highest BCUT2D eigenvalue weighted by atomic mass is 127. The van der Waals surface area contributed by atoms with E-state index >= 15 is 0 Å². The van der Waals surface area contributed by atoms with E-state index in [0.29, 0.717) is 14.0 Å². The maximum Gasteiger partial charge on any atom is 0.137 e. The Morgan fingerprint density at radius 3 is 2.73 bits per heavy atom. The highest BCUT2D eigenvalue weighted by Crippen LogP contribution is 2.19. The summed E-state index contributed by atoms with van der Waals surface area (Å²) in [5.74, 6) is -0.338. The van der Waals surface area contributed by atoms with Crippen LogP contribution in [0.1, 0.15) is 5.56 Å². The molecular weight excluding hydrogens is 276 g/mol. The van der Waals surface area contributed by atoms with Gasteiger partial charge in [-0.2, -0.15) is 5.26 Å². The highest BCUT2D eigenvalue weighted by Gasteiger charge is 2.03. The molecule has 1 nitrogen and oxygen atoms in total. The third-order valence-corrected chi connectivity index (χ3v) is 2.36. The molecule has 11 heavy (non-hydrogen) atoms. The molecule has 0 heterocycles. The minimum absolute atomic E-state index is 0.338. The lowest BCUT2D eigenvalue weighted by Gasteiger charge is -1.97. The van der Waals surface area contributed by atoms with Gasteiger partial charge in [-0.25, -0.2) is 4.39 Å². The van der Waals surface area contributed by atoms with Gasteiger partial charge in [0.05, 0.1) is 9.13 Å². The van der Waals surface area contributed by atoms with E-state index in [9.17, 15) is 4.39 Å². The van der Waals surface area contributed by atoms with Crippen molar-refractivity contribution in [1.82, 2.24) is 0 Å². The molecule has 0 bridgehead atoms. The van der Waals surface area contributed by atoms with Gasteiger partial charge in [0.25, 0.3) is 0 Å². The molecule has 0 N–H and O–H groups in total. The summed E-state index contributed by atoms with van der Waals surface area (Å²) in [7, 11) is 0. The van der Waals surface area contributed by atoms with E-state index in [1.165, 1.54) is 12.1 Å². The molecule has 0 saturated heterocycles. The standard InChI is InChI=1S/C7H3FINS/c8-5-2-7(11)4(3-10)1-6(5)9/h1-2,11H. The summed E-state index contributed by atoms with van der Waals surface area (Å²) in [6.07, 6.45) is 0. The molecule has 0 aliphatic heterocycles. The van der Waals surface area contributed by atoms with Crippen molar-refractivity contribution in [3.05, 3.63) is 27.1 Å². The number of hydrogen-bond acceptors (Lipinski definition) is 2. The van der Waals surface area contributed by atoms with Crippen molar-refractivity contribution in [2.45, 2.75) is 4.90 Å². The highest BCUT2D eigenvalue weighted by molar-refractivity contribution is 14.1. The molecule has 0 unspecified atom stereocenters. The van der Waals surface area contributed by atoms with E-state index < -0.39 is 0 Å². The summed E-state index contributed by atoms with van der Waals surface area (Å²) in [4.78, 5) is 0.380. The Morgan fingerprint density at radius 1 is 1.55 bits per heavy atom. The molecule has 56 valence electrons. The van der Waals surface area contributed by atoms with Crippen LogP contribution in [0.2, 0.25) is 0 Å². The van der Waals surface area contributed by atoms with Crippen LogP contribution in [0.3, 0.4) is 0 Å². The van der Waals surface area contributed by atoms with E-state index in [1.807, 2.05) is 28.7 Å². The first kappa shape index (κ1) is 8.81. The Morgan fingerprint density at radius 2 is 2.18 bits per heavy atom. The Hall–Kier alpha value is -0.280. The molecule has 0 aromatic heterocycles. The lowest BCUT2D eigenvalue weighted by atomic mass is 10.2. The van der Waals surface area contributed by atoms with Crippen molar-refractivity contribution in [2.24, 2.45) is 0 Å². The Labute approximate surface area is 82.8 Å². The maximum atomic E-state index is 12.7. The Kier molecular flexibility index (Phi) is 2.73. The number of hydrogen-bond donors (Lipinski definition) is 1. The van der Waals surface area contributed by atoms with Gasteiger partial charge in [-0.3, -0.25) is 0 Å². The molecule has 0 radical (unpaired) electrons. The van der Waals surface area contributed by atoms with E-state index in [2.05, 4.69) is 12.6 Å². The summed E-state index contributed by atoms with van der Waals surface area (Å²) < 4.78 is 13.2. The number of halogens is 2. The average Bonchev–Trinajstić information content (AvgIpc) is 1.97. The summed E-state index contributed by atoms with van der Waals surface area (Å²) >= 11 is 5.76. The van der Waals surface area contributed by atoms with Crippen molar-refractivity contribution in [3.8, 4) is 6.07 Å². The van der Waals surface area contributed by atoms with Crippen molar-refractivity contribution in [2.75, 3.05) is 0 Å². The molecule has 0 saturated carbocycles. The molecule has 1 rings (SSSR count). The van der Waals surface area contributed by atoms with Crippen LogP contribution in [0.5, 0.6) is 0 Å². The summed E-state index contributed by atoms with van der Waals surface area (Å²) in [6, 6.07) is 4.63. The number of nitrogens with zero attached hydrogens (tertiary/aromatic N) is 1. The topological polar surface area (TPSA) is 23.8 Å². The van der Waals surface area contributed by atoms with E-state index in [-0.39, 0.29) is 5.82 Å². The fourth-order valence-corrected chi connectivity index (χ4v) is 1.32. The van der Waals surface area contributed by atoms with E-state index in [1.54, 1.807) is 0 Å². The zero-order valence-electron chi connectivity index (χ0n) is 5.31. The first-order chi connectivity index (χ1) is 5.15. The molecule has 1 aromatic rings. The molecule has 0 aliphatic rings. The average molecular weight is 279 g/mol. The van der Waals surface area contributed by atoms with Crippen LogP contribution in [0.25, 0.3) is 0 Å². The second-order valence-corrected chi connectivity index (χ2v) is 3.54. The molecule has 0 amide bonds. The van der Waals surface area contributed by atoms with Gasteiger partial charge in [0.1, 0.15) is 11.9 Å². The number of rotatable bonds is 0. The SMILES string of the molecule is N#Cc1cc(I)c(F)cc1S. The minimum Gasteiger partial charge on any atom is -0.206 e. The zero-order valence-corrected chi connectivity index (χ0v) is 8.36. The number of nitriles is 1. The first-order valence-electron chi connectivity index (χ1n) is 2.73. The second kappa shape index (κ2) is 3.41. The molecule has 0 aliphatic carbocycles. The van der Waals surface area contributed by atoms with Gasteiger partial charge in [-0.05, 0) is 34.7 Å². The summed E-state index contributed by atoms with van der Waals surface area (Å²) in [6.45, 7) is 0. The molecule has 0 spiro atoms. The molecular formula is C7H3FINS. The van der Waals surface area contributed by atoms with E-state index in [4.69, 9.17) is 5.26 Å². The second-order valence-electron chi connectivity index (χ2n) is 1.90. The van der Waals surface area contributed by atoms with Crippen molar-refractivity contribution in [3.63, 3.8) is 0 Å². The van der Waals surface area contributed by atoms with Crippen molar-refractivity contribution < 1.29 is 4.39 Å². The Bertz CT molecular complexity index is 332. The normalized spacial score (nSPS) is 9.27. The van der Waals surface area contributed by atoms with Gasteiger partial charge >= 0.3 is 0 Å². The van der Waals surface area contributed by atoms with Gasteiger partial charge in [-0.15, -0.1) is 12.6 Å². The van der Waals surface area contributed by atoms with Crippen LogP contribution in [-0.4, -0.2) is 0 Å². The quantitative estimate of drug-likeness (QED) is 0.572.